The van der Waals surface area contributed by atoms with Gasteiger partial charge in [0.15, 0.2) is 11.5 Å². The first kappa shape index (κ1) is 27.7. The molecule has 1 aliphatic heterocycles. The zero-order valence-electron chi connectivity index (χ0n) is 22.5. The van der Waals surface area contributed by atoms with E-state index in [0.717, 1.165) is 12.0 Å². The van der Waals surface area contributed by atoms with Gasteiger partial charge in [-0.3, -0.25) is 9.59 Å². The molecular formula is C31H32FNO6. The number of hydrogen-bond acceptors (Lipinski definition) is 6. The lowest BCUT2D eigenvalue weighted by atomic mass is 9.94. The molecule has 1 unspecified atom stereocenters. The van der Waals surface area contributed by atoms with Crippen LogP contribution in [-0.4, -0.2) is 42.0 Å². The fourth-order valence-electron chi connectivity index (χ4n) is 4.63. The van der Waals surface area contributed by atoms with E-state index in [4.69, 9.17) is 14.2 Å². The van der Waals surface area contributed by atoms with E-state index in [1.807, 2.05) is 20.8 Å². The molecule has 0 saturated carbocycles. The molecule has 1 saturated heterocycles. The van der Waals surface area contributed by atoms with Crippen LogP contribution in [0.4, 0.5) is 4.39 Å². The highest BCUT2D eigenvalue weighted by molar-refractivity contribution is 6.46. The van der Waals surface area contributed by atoms with Crippen LogP contribution in [0.3, 0.4) is 0 Å². The molecule has 4 rings (SSSR count). The summed E-state index contributed by atoms with van der Waals surface area (Å²) in [5.41, 5.74) is 2.32. The van der Waals surface area contributed by atoms with Crippen molar-refractivity contribution in [1.29, 1.82) is 0 Å². The van der Waals surface area contributed by atoms with Crippen LogP contribution in [0.2, 0.25) is 0 Å². The Morgan fingerprint density at radius 2 is 1.67 bits per heavy atom. The van der Waals surface area contributed by atoms with Crippen LogP contribution in [0.5, 0.6) is 17.2 Å². The number of likely N-dealkylation sites (tertiary alicyclic amines) is 1. The smallest absolute Gasteiger partial charge is 0.295 e. The van der Waals surface area contributed by atoms with Gasteiger partial charge >= 0.3 is 0 Å². The van der Waals surface area contributed by atoms with Crippen molar-refractivity contribution in [1.82, 2.24) is 4.90 Å². The van der Waals surface area contributed by atoms with E-state index in [9.17, 15) is 19.1 Å². The minimum Gasteiger partial charge on any atom is -0.507 e. The number of benzene rings is 3. The number of hydrogen-bond donors (Lipinski definition) is 1. The normalized spacial score (nSPS) is 16.4. The Morgan fingerprint density at radius 1 is 0.949 bits per heavy atom. The number of carbonyl (C=O) groups is 2. The first-order valence-electron chi connectivity index (χ1n) is 12.9. The first-order chi connectivity index (χ1) is 18.8. The Morgan fingerprint density at radius 3 is 2.31 bits per heavy atom. The van der Waals surface area contributed by atoms with Gasteiger partial charge in [-0.05, 0) is 79.4 Å². The molecule has 3 aromatic carbocycles. The molecule has 1 heterocycles. The number of rotatable bonds is 10. The maximum Gasteiger partial charge on any atom is 0.295 e. The molecule has 1 fully saturated rings. The van der Waals surface area contributed by atoms with E-state index in [-0.39, 0.29) is 17.9 Å². The van der Waals surface area contributed by atoms with Gasteiger partial charge in [0.1, 0.15) is 17.3 Å². The van der Waals surface area contributed by atoms with Gasteiger partial charge in [0.05, 0.1) is 31.9 Å². The highest BCUT2D eigenvalue weighted by atomic mass is 19.1. The third kappa shape index (κ3) is 5.74. The summed E-state index contributed by atoms with van der Waals surface area (Å²) >= 11 is 0. The summed E-state index contributed by atoms with van der Waals surface area (Å²) in [7, 11) is 1.52. The van der Waals surface area contributed by atoms with Crippen molar-refractivity contribution < 1.29 is 33.3 Å². The minimum atomic E-state index is -0.920. The Hall–Kier alpha value is -4.33. The van der Waals surface area contributed by atoms with Gasteiger partial charge in [-0.15, -0.1) is 0 Å². The van der Waals surface area contributed by atoms with Crippen molar-refractivity contribution in [3.63, 3.8) is 0 Å². The average molecular weight is 534 g/mol. The van der Waals surface area contributed by atoms with Crippen LogP contribution in [0.15, 0.2) is 66.2 Å². The standard InChI is InChI=1S/C31H32FNO6/c1-5-15-39-24-13-10-22(16-19(24)3)29(34)27-28(21-9-14-25(37-4)26(17-21)38-6-2)33(31(36)30(27)35)18-20-7-11-23(32)12-8-20/h7-14,16-17,28,34H,5-6,15,18H2,1-4H3/b29-27-. The minimum absolute atomic E-state index is 0.0329. The Labute approximate surface area is 227 Å². The van der Waals surface area contributed by atoms with Crippen molar-refractivity contribution in [2.45, 2.75) is 39.8 Å². The van der Waals surface area contributed by atoms with Crippen molar-refractivity contribution in [2.24, 2.45) is 0 Å². The molecule has 7 nitrogen and oxygen atoms in total. The average Bonchev–Trinajstić information content (AvgIpc) is 3.18. The molecule has 0 spiro atoms. The molecule has 3 aromatic rings. The molecule has 1 aliphatic rings. The number of ketones is 1. The molecule has 0 aromatic heterocycles. The maximum absolute atomic E-state index is 13.5. The highest BCUT2D eigenvalue weighted by Crippen LogP contribution is 2.43. The lowest BCUT2D eigenvalue weighted by molar-refractivity contribution is -0.140. The number of carbonyl (C=O) groups excluding carboxylic acids is 2. The molecule has 1 atom stereocenters. The SMILES string of the molecule is CCCOc1ccc(/C(O)=C2/C(=O)C(=O)N(Cc3ccc(F)cc3)C2c2ccc(OC)c(OCC)c2)cc1C. The van der Waals surface area contributed by atoms with E-state index in [0.29, 0.717) is 47.2 Å². The predicted molar refractivity (Wildman–Crippen MR) is 145 cm³/mol. The van der Waals surface area contributed by atoms with E-state index in [1.165, 1.54) is 24.1 Å². The monoisotopic (exact) mass is 533 g/mol. The lowest BCUT2D eigenvalue weighted by Crippen LogP contribution is -2.29. The van der Waals surface area contributed by atoms with Gasteiger partial charge in [0.25, 0.3) is 11.7 Å². The maximum atomic E-state index is 13.5. The second-order valence-corrected chi connectivity index (χ2v) is 9.23. The van der Waals surface area contributed by atoms with Crippen LogP contribution in [0.1, 0.15) is 48.6 Å². The number of aryl methyl sites for hydroxylation is 1. The highest BCUT2D eigenvalue weighted by Gasteiger charge is 2.46. The fourth-order valence-corrected chi connectivity index (χ4v) is 4.63. The Kier molecular flexibility index (Phi) is 8.54. The number of ether oxygens (including phenoxy) is 3. The number of Topliss-reactive ketones (excluding diaryl/α,β-unsaturated/α-hetero) is 1. The summed E-state index contributed by atoms with van der Waals surface area (Å²) in [5.74, 6) is -0.656. The van der Waals surface area contributed by atoms with E-state index < -0.39 is 23.5 Å². The number of aliphatic hydroxyl groups is 1. The molecule has 1 N–H and O–H groups in total. The van der Waals surface area contributed by atoms with E-state index in [2.05, 4.69) is 0 Å². The van der Waals surface area contributed by atoms with Crippen molar-refractivity contribution in [3.8, 4) is 17.2 Å². The number of amides is 1. The third-order valence-corrected chi connectivity index (χ3v) is 6.52. The second kappa shape index (κ2) is 12.0. The number of aliphatic hydroxyl groups excluding tert-OH is 1. The van der Waals surface area contributed by atoms with Gasteiger partial charge in [0.2, 0.25) is 0 Å². The van der Waals surface area contributed by atoms with E-state index in [1.54, 1.807) is 48.5 Å². The molecule has 0 bridgehead atoms. The van der Waals surface area contributed by atoms with Crippen molar-refractivity contribution in [3.05, 3.63) is 94.3 Å². The summed E-state index contributed by atoms with van der Waals surface area (Å²) in [6.45, 7) is 6.66. The number of methoxy groups -OCH3 is 1. The van der Waals surface area contributed by atoms with E-state index >= 15 is 0 Å². The summed E-state index contributed by atoms with van der Waals surface area (Å²) in [4.78, 5) is 28.2. The first-order valence-corrected chi connectivity index (χ1v) is 12.9. The number of halogens is 1. The van der Waals surface area contributed by atoms with Gasteiger partial charge < -0.3 is 24.2 Å². The fraction of sp³-hybridized carbons (Fsp3) is 0.290. The molecule has 0 radical (unpaired) electrons. The van der Waals surface area contributed by atoms with Crippen LogP contribution >= 0.6 is 0 Å². The van der Waals surface area contributed by atoms with Crippen LogP contribution in [0.25, 0.3) is 5.76 Å². The molecular weight excluding hydrogens is 501 g/mol. The topological polar surface area (TPSA) is 85.3 Å². The molecule has 1 amide bonds. The summed E-state index contributed by atoms with van der Waals surface area (Å²) in [6.07, 6.45) is 0.851. The zero-order valence-corrected chi connectivity index (χ0v) is 22.5. The lowest BCUT2D eigenvalue weighted by Gasteiger charge is -2.26. The van der Waals surface area contributed by atoms with Gasteiger partial charge in [0, 0.05) is 12.1 Å². The van der Waals surface area contributed by atoms with Gasteiger partial charge in [-0.25, -0.2) is 4.39 Å². The third-order valence-electron chi connectivity index (χ3n) is 6.52. The Bertz CT molecular complexity index is 1400. The van der Waals surface area contributed by atoms with Gasteiger partial charge in [-0.2, -0.15) is 0 Å². The van der Waals surface area contributed by atoms with Gasteiger partial charge in [-0.1, -0.05) is 25.1 Å². The van der Waals surface area contributed by atoms with Crippen LogP contribution < -0.4 is 14.2 Å². The number of nitrogens with zero attached hydrogens (tertiary/aromatic N) is 1. The van der Waals surface area contributed by atoms with Crippen LogP contribution in [0, 0.1) is 12.7 Å². The zero-order chi connectivity index (χ0) is 28.1. The summed E-state index contributed by atoms with van der Waals surface area (Å²) < 4.78 is 30.4. The molecule has 39 heavy (non-hydrogen) atoms. The predicted octanol–water partition coefficient (Wildman–Crippen LogP) is 5.95. The van der Waals surface area contributed by atoms with Crippen molar-refractivity contribution >= 4 is 17.4 Å². The Balaban J connectivity index is 1.85. The molecule has 0 aliphatic carbocycles. The largest absolute Gasteiger partial charge is 0.507 e. The molecule has 8 heteroatoms. The summed E-state index contributed by atoms with van der Waals surface area (Å²) in [6, 6.07) is 15.1. The summed E-state index contributed by atoms with van der Waals surface area (Å²) in [5, 5.41) is 11.5. The van der Waals surface area contributed by atoms with Crippen LogP contribution in [-0.2, 0) is 16.1 Å². The second-order valence-electron chi connectivity index (χ2n) is 9.23. The molecule has 204 valence electrons. The van der Waals surface area contributed by atoms with Crippen molar-refractivity contribution in [2.75, 3.05) is 20.3 Å². The quantitative estimate of drug-likeness (QED) is 0.197.